The lowest BCUT2D eigenvalue weighted by atomic mass is 9.92. The molecule has 0 fully saturated rings. The van der Waals surface area contributed by atoms with Crippen molar-refractivity contribution in [2.75, 3.05) is 6.54 Å². The third kappa shape index (κ3) is 7.43. The molecule has 0 aromatic rings. The fraction of sp³-hybridized carbons (Fsp3) is 0.571. The Morgan fingerprint density at radius 3 is 2.37 bits per heavy atom. The summed E-state index contributed by atoms with van der Waals surface area (Å²) in [6.07, 6.45) is 3.59. The van der Waals surface area contributed by atoms with Gasteiger partial charge in [-0.2, -0.15) is 13.2 Å². The van der Waals surface area contributed by atoms with E-state index in [0.29, 0.717) is 12.0 Å². The molecule has 0 radical (unpaired) electrons. The van der Waals surface area contributed by atoms with Crippen LogP contribution in [0.15, 0.2) is 47.1 Å². The smallest absolute Gasteiger partial charge is 0.346 e. The molecule has 0 saturated carbocycles. The minimum Gasteiger partial charge on any atom is -0.346 e. The van der Waals surface area contributed by atoms with Crippen molar-refractivity contribution in [1.82, 2.24) is 10.0 Å². The second-order valence-corrected chi connectivity index (χ2v) is 10.5. The van der Waals surface area contributed by atoms with Crippen molar-refractivity contribution in [3.8, 4) is 0 Å². The molecule has 30 heavy (non-hydrogen) atoms. The molecule has 170 valence electrons. The van der Waals surface area contributed by atoms with Gasteiger partial charge in [0.2, 0.25) is 10.0 Å². The molecule has 9 heteroatoms. The highest BCUT2D eigenvalue weighted by Gasteiger charge is 2.36. The lowest BCUT2D eigenvalue weighted by molar-refractivity contribution is -0.117. The maximum Gasteiger partial charge on any atom is 0.416 e. The SMILES string of the molecule is CC/C=C(\C=C/CNS(=O)(=O)C(C)(C)C)C(=O)NC1C=CC(C(F)(F)F)=C(CC)C1. The van der Waals surface area contributed by atoms with Gasteiger partial charge in [-0.15, -0.1) is 0 Å². The minimum absolute atomic E-state index is 0.0228. The third-order valence-corrected chi connectivity index (χ3v) is 6.73. The van der Waals surface area contributed by atoms with E-state index < -0.39 is 38.5 Å². The van der Waals surface area contributed by atoms with E-state index in [1.807, 2.05) is 6.92 Å². The van der Waals surface area contributed by atoms with Crippen LogP contribution in [0.2, 0.25) is 0 Å². The first-order valence-corrected chi connectivity index (χ1v) is 11.4. The summed E-state index contributed by atoms with van der Waals surface area (Å²) in [5.74, 6) is -0.424. The largest absolute Gasteiger partial charge is 0.416 e. The molecule has 1 rings (SSSR count). The Hall–Kier alpha value is -1.87. The zero-order valence-corrected chi connectivity index (χ0v) is 18.9. The molecule has 1 unspecified atom stereocenters. The summed E-state index contributed by atoms with van der Waals surface area (Å²) in [7, 11) is -3.50. The first kappa shape index (κ1) is 26.2. The summed E-state index contributed by atoms with van der Waals surface area (Å²) in [5, 5.41) is 2.74. The lowest BCUT2D eigenvalue weighted by Crippen LogP contribution is -2.39. The average Bonchev–Trinajstić information content (AvgIpc) is 2.62. The predicted molar refractivity (Wildman–Crippen MR) is 113 cm³/mol. The lowest BCUT2D eigenvalue weighted by Gasteiger charge is -2.24. The van der Waals surface area contributed by atoms with Crippen LogP contribution in [-0.4, -0.2) is 37.8 Å². The van der Waals surface area contributed by atoms with Gasteiger partial charge in [0.25, 0.3) is 5.91 Å². The number of hydrogen-bond donors (Lipinski definition) is 2. The number of halogens is 3. The third-order valence-electron chi connectivity index (χ3n) is 4.57. The molecule has 0 saturated heterocycles. The highest BCUT2D eigenvalue weighted by Crippen LogP contribution is 2.34. The Labute approximate surface area is 177 Å². The fourth-order valence-corrected chi connectivity index (χ4v) is 3.52. The van der Waals surface area contributed by atoms with Crippen LogP contribution < -0.4 is 10.0 Å². The van der Waals surface area contributed by atoms with Crippen LogP contribution in [-0.2, 0) is 14.8 Å². The normalized spacial score (nSPS) is 18.9. The molecule has 0 spiro atoms. The molecule has 5 nitrogen and oxygen atoms in total. The van der Waals surface area contributed by atoms with E-state index in [1.54, 1.807) is 33.8 Å². The molecule has 2 N–H and O–H groups in total. The topological polar surface area (TPSA) is 75.3 Å². The van der Waals surface area contributed by atoms with Gasteiger partial charge in [-0.1, -0.05) is 49.8 Å². The van der Waals surface area contributed by atoms with Gasteiger partial charge in [0.15, 0.2) is 0 Å². The van der Waals surface area contributed by atoms with E-state index >= 15 is 0 Å². The van der Waals surface area contributed by atoms with Gasteiger partial charge in [-0.3, -0.25) is 4.79 Å². The zero-order chi connectivity index (χ0) is 23.2. The van der Waals surface area contributed by atoms with Crippen LogP contribution >= 0.6 is 0 Å². The second kappa shape index (κ2) is 10.4. The predicted octanol–water partition coefficient (Wildman–Crippen LogP) is 4.31. The molecule has 1 amide bonds. The summed E-state index contributed by atoms with van der Waals surface area (Å²) in [5.41, 5.74) is -0.0706. The highest BCUT2D eigenvalue weighted by molar-refractivity contribution is 7.90. The molecule has 0 bridgehead atoms. The van der Waals surface area contributed by atoms with Gasteiger partial charge < -0.3 is 5.32 Å². The van der Waals surface area contributed by atoms with Gasteiger partial charge in [-0.25, -0.2) is 13.1 Å². The number of hydrogen-bond acceptors (Lipinski definition) is 3. The number of alkyl halides is 3. The van der Waals surface area contributed by atoms with Gasteiger partial charge in [-0.05, 0) is 40.0 Å². The average molecular weight is 449 g/mol. The number of amides is 1. The van der Waals surface area contributed by atoms with Crippen molar-refractivity contribution < 1.29 is 26.4 Å². The Morgan fingerprint density at radius 1 is 1.23 bits per heavy atom. The molecular weight excluding hydrogens is 417 g/mol. The van der Waals surface area contributed by atoms with E-state index in [0.717, 1.165) is 6.08 Å². The summed E-state index contributed by atoms with van der Waals surface area (Å²) >= 11 is 0. The Morgan fingerprint density at radius 2 is 1.87 bits per heavy atom. The fourth-order valence-electron chi connectivity index (χ4n) is 2.77. The summed E-state index contributed by atoms with van der Waals surface area (Å²) in [6, 6.07) is -0.536. The van der Waals surface area contributed by atoms with E-state index in [1.165, 1.54) is 18.2 Å². The number of rotatable bonds is 8. The van der Waals surface area contributed by atoms with Crippen LogP contribution in [0.4, 0.5) is 13.2 Å². The van der Waals surface area contributed by atoms with E-state index in [9.17, 15) is 26.4 Å². The van der Waals surface area contributed by atoms with Crippen LogP contribution in [0.1, 0.15) is 53.9 Å². The standard InChI is InChI=1S/C21H31F3N2O3S/c1-6-9-16(10-8-13-25-30(28,29)20(3,4)5)19(27)26-17-11-12-18(21(22,23)24)15(7-2)14-17/h8-12,17,25H,6-7,13-14H2,1-5H3,(H,26,27)/b10-8-,16-9+. The van der Waals surface area contributed by atoms with Crippen LogP contribution in [0.3, 0.4) is 0 Å². The molecule has 0 heterocycles. The van der Waals surface area contributed by atoms with Crippen LogP contribution in [0.5, 0.6) is 0 Å². The first-order valence-electron chi connectivity index (χ1n) is 9.87. The van der Waals surface area contributed by atoms with Crippen molar-refractivity contribution >= 4 is 15.9 Å². The Kier molecular flexibility index (Phi) is 9.10. The van der Waals surface area contributed by atoms with Crippen molar-refractivity contribution in [3.05, 3.63) is 47.1 Å². The van der Waals surface area contributed by atoms with Gasteiger partial charge in [0.1, 0.15) is 0 Å². The molecule has 1 aliphatic rings. The van der Waals surface area contributed by atoms with Crippen LogP contribution in [0, 0.1) is 0 Å². The Bertz CT molecular complexity index is 846. The molecule has 1 atom stereocenters. The summed E-state index contributed by atoms with van der Waals surface area (Å²) in [6.45, 7) is 8.26. The summed E-state index contributed by atoms with van der Waals surface area (Å²) in [4.78, 5) is 12.6. The number of carbonyl (C=O) groups is 1. The van der Waals surface area contributed by atoms with Crippen molar-refractivity contribution in [2.24, 2.45) is 0 Å². The minimum atomic E-state index is -4.41. The van der Waals surface area contributed by atoms with Gasteiger partial charge in [0, 0.05) is 12.1 Å². The molecular formula is C21H31F3N2O3S. The molecule has 0 aromatic heterocycles. The highest BCUT2D eigenvalue weighted by atomic mass is 32.2. The van der Waals surface area contributed by atoms with Crippen molar-refractivity contribution in [1.29, 1.82) is 0 Å². The molecule has 0 aromatic carbocycles. The zero-order valence-electron chi connectivity index (χ0n) is 18.1. The van der Waals surface area contributed by atoms with E-state index in [2.05, 4.69) is 10.0 Å². The van der Waals surface area contributed by atoms with Gasteiger partial charge >= 0.3 is 6.18 Å². The maximum absolute atomic E-state index is 13.1. The number of nitrogens with one attached hydrogen (secondary N) is 2. The first-order chi connectivity index (χ1) is 13.7. The van der Waals surface area contributed by atoms with Crippen molar-refractivity contribution in [2.45, 2.75) is 70.8 Å². The quantitative estimate of drug-likeness (QED) is 0.429. The van der Waals surface area contributed by atoms with Crippen LogP contribution in [0.25, 0.3) is 0 Å². The van der Waals surface area contributed by atoms with E-state index in [4.69, 9.17) is 0 Å². The monoisotopic (exact) mass is 448 g/mol. The number of carbonyl (C=O) groups excluding carboxylic acids is 1. The Balaban J connectivity index is 2.80. The number of allylic oxidation sites excluding steroid dienone is 3. The van der Waals surface area contributed by atoms with E-state index in [-0.39, 0.29) is 25.0 Å². The molecule has 1 aliphatic carbocycles. The number of sulfonamides is 1. The second-order valence-electron chi connectivity index (χ2n) is 7.95. The maximum atomic E-state index is 13.1. The van der Waals surface area contributed by atoms with Crippen molar-refractivity contribution in [3.63, 3.8) is 0 Å². The van der Waals surface area contributed by atoms with Gasteiger partial charge in [0.05, 0.1) is 16.4 Å². The summed E-state index contributed by atoms with van der Waals surface area (Å²) < 4.78 is 64.8. The molecule has 0 aliphatic heterocycles.